The maximum Gasteiger partial charge on any atom is 0.408 e. The van der Waals surface area contributed by atoms with E-state index in [0.29, 0.717) is 17.8 Å². The first kappa shape index (κ1) is 33.2. The predicted molar refractivity (Wildman–Crippen MR) is 166 cm³/mol. The van der Waals surface area contributed by atoms with Crippen LogP contribution in [-0.4, -0.2) is 46.7 Å². The highest BCUT2D eigenvalue weighted by atomic mass is 32.1. The topological polar surface area (TPSA) is 87.7 Å². The average molecular weight is 570 g/mol. The van der Waals surface area contributed by atoms with E-state index in [-0.39, 0.29) is 17.6 Å². The Morgan fingerprint density at radius 2 is 1.62 bits per heavy atom. The molecule has 2 atom stereocenters. The number of unbranched alkanes of at least 4 members (excludes halogenated alkanes) is 5. The molecule has 3 amide bonds. The normalized spacial score (nSPS) is 12.8. The fraction of sp³-hybridized carbons (Fsp3) is 0.531. The van der Waals surface area contributed by atoms with E-state index in [0.717, 1.165) is 43.2 Å². The van der Waals surface area contributed by atoms with Crippen LogP contribution in [0, 0.1) is 13.8 Å². The van der Waals surface area contributed by atoms with Crippen molar-refractivity contribution in [3.05, 3.63) is 65.2 Å². The Morgan fingerprint density at radius 3 is 2.25 bits per heavy atom. The summed E-state index contributed by atoms with van der Waals surface area (Å²) in [5, 5.41) is 5.72. The third kappa shape index (κ3) is 10.9. The van der Waals surface area contributed by atoms with E-state index >= 15 is 0 Å². The van der Waals surface area contributed by atoms with Crippen LogP contribution in [0.15, 0.2) is 48.5 Å². The number of carbonyl (C=O) groups excluding carboxylic acids is 3. The van der Waals surface area contributed by atoms with Gasteiger partial charge in [-0.05, 0) is 58.2 Å². The molecule has 0 spiro atoms. The molecule has 0 aromatic heterocycles. The first-order valence-electron chi connectivity index (χ1n) is 14.3. The number of anilines is 1. The van der Waals surface area contributed by atoms with Crippen molar-refractivity contribution >= 4 is 36.2 Å². The zero-order chi connectivity index (χ0) is 29.7. The van der Waals surface area contributed by atoms with Crippen molar-refractivity contribution < 1.29 is 19.1 Å². The van der Waals surface area contributed by atoms with E-state index in [1.165, 1.54) is 6.42 Å². The van der Waals surface area contributed by atoms with Gasteiger partial charge in [0, 0.05) is 18.0 Å². The lowest BCUT2D eigenvalue weighted by molar-refractivity contribution is -0.140. The largest absolute Gasteiger partial charge is 0.444 e. The van der Waals surface area contributed by atoms with Gasteiger partial charge in [-0.3, -0.25) is 9.59 Å². The number of nitrogens with one attached hydrogen (secondary N) is 2. The average Bonchev–Trinajstić information content (AvgIpc) is 2.88. The fourth-order valence-electron chi connectivity index (χ4n) is 4.49. The Bertz CT molecular complexity index is 1120. The van der Waals surface area contributed by atoms with Gasteiger partial charge in [0.1, 0.15) is 17.7 Å². The van der Waals surface area contributed by atoms with Crippen LogP contribution in [0.3, 0.4) is 0 Å². The molecule has 2 aromatic carbocycles. The van der Waals surface area contributed by atoms with Gasteiger partial charge in [-0.25, -0.2) is 4.79 Å². The molecule has 0 bridgehead atoms. The molecular formula is C32H47N3O4S. The summed E-state index contributed by atoms with van der Waals surface area (Å²) in [5.41, 5.74) is 2.59. The zero-order valence-electron chi connectivity index (χ0n) is 25.0. The molecule has 2 aromatic rings. The predicted octanol–water partition coefficient (Wildman–Crippen LogP) is 7.00. The van der Waals surface area contributed by atoms with Gasteiger partial charge in [0.05, 0.1) is 0 Å². The summed E-state index contributed by atoms with van der Waals surface area (Å²) in [7, 11) is 0. The number of hydrogen-bond acceptors (Lipinski definition) is 5. The Hall–Kier alpha value is -3.00. The number of alkyl carbamates (subject to hydrolysis) is 1. The maximum absolute atomic E-state index is 14.1. The van der Waals surface area contributed by atoms with E-state index in [9.17, 15) is 14.4 Å². The van der Waals surface area contributed by atoms with Crippen molar-refractivity contribution in [3.8, 4) is 0 Å². The molecule has 2 unspecified atom stereocenters. The van der Waals surface area contributed by atoms with E-state index in [4.69, 9.17) is 4.74 Å². The van der Waals surface area contributed by atoms with Gasteiger partial charge in [0.15, 0.2) is 0 Å². The van der Waals surface area contributed by atoms with E-state index < -0.39 is 23.8 Å². The van der Waals surface area contributed by atoms with Crippen LogP contribution >= 0.6 is 12.6 Å². The summed E-state index contributed by atoms with van der Waals surface area (Å²) in [6, 6.07) is 13.3. The van der Waals surface area contributed by atoms with Crippen LogP contribution in [0.25, 0.3) is 0 Å². The van der Waals surface area contributed by atoms with Crippen molar-refractivity contribution in [2.75, 3.05) is 17.6 Å². The summed E-state index contributed by atoms with van der Waals surface area (Å²) >= 11 is 4.38. The first-order chi connectivity index (χ1) is 19.0. The molecule has 0 aliphatic rings. The smallest absolute Gasteiger partial charge is 0.408 e. The van der Waals surface area contributed by atoms with Crippen LogP contribution in [0.2, 0.25) is 0 Å². The number of hydrogen-bond donors (Lipinski definition) is 3. The van der Waals surface area contributed by atoms with E-state index in [2.05, 4.69) is 30.2 Å². The van der Waals surface area contributed by atoms with Gasteiger partial charge in [0.2, 0.25) is 5.91 Å². The third-order valence-electron chi connectivity index (χ3n) is 6.53. The number of aryl methyl sites for hydroxylation is 2. The second-order valence-corrected chi connectivity index (χ2v) is 11.7. The van der Waals surface area contributed by atoms with Crippen molar-refractivity contribution in [2.24, 2.45) is 0 Å². The maximum atomic E-state index is 14.1. The van der Waals surface area contributed by atoms with Gasteiger partial charge < -0.3 is 20.3 Å². The number of thiol groups is 1. The van der Waals surface area contributed by atoms with Crippen LogP contribution in [0.4, 0.5) is 10.5 Å². The lowest BCUT2D eigenvalue weighted by atomic mass is 10.00. The molecule has 0 heterocycles. The van der Waals surface area contributed by atoms with Crippen LogP contribution in [0.1, 0.15) is 89.0 Å². The number of para-hydroxylation sites is 1. The highest BCUT2D eigenvalue weighted by molar-refractivity contribution is 7.80. The lowest BCUT2D eigenvalue weighted by Gasteiger charge is -2.34. The second kappa shape index (κ2) is 16.3. The van der Waals surface area contributed by atoms with Gasteiger partial charge in [-0.1, -0.05) is 87.1 Å². The van der Waals surface area contributed by atoms with Crippen molar-refractivity contribution in [1.82, 2.24) is 10.2 Å². The van der Waals surface area contributed by atoms with Gasteiger partial charge in [-0.2, -0.15) is 12.6 Å². The molecule has 2 rings (SSSR count). The molecule has 0 radical (unpaired) electrons. The van der Waals surface area contributed by atoms with Crippen molar-refractivity contribution in [2.45, 2.75) is 97.8 Å². The van der Waals surface area contributed by atoms with Gasteiger partial charge in [-0.15, -0.1) is 0 Å². The molecule has 7 nitrogen and oxygen atoms in total. The summed E-state index contributed by atoms with van der Waals surface area (Å²) in [4.78, 5) is 42.3. The zero-order valence-corrected chi connectivity index (χ0v) is 25.9. The minimum atomic E-state index is -0.961. The summed E-state index contributed by atoms with van der Waals surface area (Å²) in [6.07, 6.45) is 5.51. The molecule has 220 valence electrons. The lowest BCUT2D eigenvalue weighted by Crippen LogP contribution is -2.53. The van der Waals surface area contributed by atoms with Gasteiger partial charge >= 0.3 is 6.09 Å². The molecule has 40 heavy (non-hydrogen) atoms. The van der Waals surface area contributed by atoms with Gasteiger partial charge in [0.25, 0.3) is 5.91 Å². The van der Waals surface area contributed by atoms with Crippen LogP contribution in [-0.2, 0) is 14.3 Å². The Balaban J connectivity index is 2.45. The summed E-state index contributed by atoms with van der Waals surface area (Å²) < 4.78 is 5.40. The van der Waals surface area contributed by atoms with E-state index in [1.807, 2.05) is 62.4 Å². The standard InChI is InChI=1S/C32H47N3O4S/c1-7-8-9-10-11-14-20-35(30(37)27(22-40)34-31(38)39-32(4,5)6)28(25-18-15-16-23(2)21-25)29(36)33-26-19-13-12-17-24(26)3/h12-13,15-19,21,27-28,40H,7-11,14,20,22H2,1-6H3,(H,33,36)(H,34,38). The van der Waals surface area contributed by atoms with Crippen molar-refractivity contribution in [1.29, 1.82) is 0 Å². The Kier molecular flexibility index (Phi) is 13.5. The number of rotatable bonds is 14. The molecule has 8 heteroatoms. The monoisotopic (exact) mass is 569 g/mol. The molecule has 0 fully saturated rings. The quantitative estimate of drug-likeness (QED) is 0.169. The fourth-order valence-corrected chi connectivity index (χ4v) is 4.74. The molecule has 0 aliphatic carbocycles. The van der Waals surface area contributed by atoms with Crippen molar-refractivity contribution in [3.63, 3.8) is 0 Å². The van der Waals surface area contributed by atoms with Crippen LogP contribution < -0.4 is 10.6 Å². The second-order valence-electron chi connectivity index (χ2n) is 11.3. The molecule has 0 saturated carbocycles. The number of benzene rings is 2. The minimum absolute atomic E-state index is 0.0605. The number of ether oxygens (including phenoxy) is 1. The molecule has 0 aliphatic heterocycles. The van der Waals surface area contributed by atoms with E-state index in [1.54, 1.807) is 25.7 Å². The minimum Gasteiger partial charge on any atom is -0.444 e. The SMILES string of the molecule is CCCCCCCCN(C(=O)C(CS)NC(=O)OC(C)(C)C)C(C(=O)Nc1ccccc1C)c1cccc(C)c1. The third-order valence-corrected chi connectivity index (χ3v) is 6.89. The number of nitrogens with zero attached hydrogens (tertiary/aromatic N) is 1. The highest BCUT2D eigenvalue weighted by Crippen LogP contribution is 2.27. The first-order valence-corrected chi connectivity index (χ1v) is 14.9. The Morgan fingerprint density at radius 1 is 0.950 bits per heavy atom. The number of carbonyl (C=O) groups is 3. The Labute approximate surface area is 245 Å². The summed E-state index contributed by atoms with van der Waals surface area (Å²) in [6.45, 7) is 11.7. The molecule has 2 N–H and O–H groups in total. The summed E-state index contributed by atoms with van der Waals surface area (Å²) in [5.74, 6) is -0.624. The van der Waals surface area contributed by atoms with Crippen LogP contribution in [0.5, 0.6) is 0 Å². The molecular weight excluding hydrogens is 522 g/mol. The molecule has 0 saturated heterocycles. The highest BCUT2D eigenvalue weighted by Gasteiger charge is 2.36. The number of amides is 3.